The van der Waals surface area contributed by atoms with Crippen LogP contribution in [-0.2, 0) is 26.5 Å². The Balaban J connectivity index is 0. The van der Waals surface area contributed by atoms with Gasteiger partial charge in [0, 0.05) is 21.7 Å². The van der Waals surface area contributed by atoms with E-state index in [-0.39, 0.29) is 21.7 Å². The molecule has 0 aromatic rings. The van der Waals surface area contributed by atoms with Gasteiger partial charge in [0.2, 0.25) is 6.29 Å². The normalized spacial score (nSPS) is 5.00. The molecule has 0 aliphatic rings. The van der Waals surface area contributed by atoms with E-state index in [1.54, 1.807) is 0 Å². The molecule has 0 aromatic heterocycles. The van der Waals surface area contributed by atoms with E-state index in [1.807, 2.05) is 0 Å². The van der Waals surface area contributed by atoms with Crippen molar-refractivity contribution in [1.82, 2.24) is 0 Å². The summed E-state index contributed by atoms with van der Waals surface area (Å²) in [5.41, 5.74) is 0. The van der Waals surface area contributed by atoms with Crippen molar-refractivity contribution in [3.05, 3.63) is 0 Å². The van der Waals surface area contributed by atoms with E-state index < -0.39 is 6.61 Å². The van der Waals surface area contributed by atoms with Gasteiger partial charge in [-0.25, -0.2) is 0 Å². The van der Waals surface area contributed by atoms with Crippen molar-refractivity contribution in [2.24, 2.45) is 0 Å². The molecule has 0 atom stereocenters. The van der Waals surface area contributed by atoms with Crippen molar-refractivity contribution < 1.29 is 31.6 Å². The first-order valence-corrected chi connectivity index (χ1v) is 0.874. The molecule has 0 fully saturated rings. The predicted molar refractivity (Wildman–Crippen MR) is 12.8 cm³/mol. The minimum absolute atomic E-state index is 0. The second kappa shape index (κ2) is 8.84. The van der Waals surface area contributed by atoms with Crippen LogP contribution in [0, 0.1) is 0 Å². The van der Waals surface area contributed by atoms with Crippen LogP contribution < -0.4 is 0 Å². The molecule has 0 rings (SSSR count). The van der Waals surface area contributed by atoms with Gasteiger partial charge in [0.15, 0.2) is 0 Å². The maximum atomic E-state index is 8.80. The smallest absolute Gasteiger partial charge is 0.226 e. The van der Waals surface area contributed by atoms with Gasteiger partial charge in [0.25, 0.3) is 0 Å². The summed E-state index contributed by atoms with van der Waals surface area (Å²) in [6.45, 7) is -0.486. The summed E-state index contributed by atoms with van der Waals surface area (Å²) < 4.78 is 0. The Morgan fingerprint density at radius 3 is 2.00 bits per heavy atom. The average Bonchev–Trinajstić information content (AvgIpc) is 1.37. The second-order valence-corrected chi connectivity index (χ2v) is 0.302. The van der Waals surface area contributed by atoms with Crippen molar-refractivity contribution in [2.45, 2.75) is 0 Å². The number of rotatable bonds is 1. The van der Waals surface area contributed by atoms with E-state index in [9.17, 15) is 0 Å². The van der Waals surface area contributed by atoms with E-state index >= 15 is 0 Å². The third kappa shape index (κ3) is 13.2. The van der Waals surface area contributed by atoms with Crippen LogP contribution in [0.5, 0.6) is 0 Å². The number of aliphatic hydroxyl groups excluding tert-OH is 1. The molecule has 27 valence electrons. The number of hydrogen-bond acceptors (Lipinski definition) is 2. The summed E-state index contributed by atoms with van der Waals surface area (Å²) in [6.07, 6.45) is 1.24. The minimum atomic E-state index is -0.486. The number of hydrogen-bond donors (Lipinski definition) is 1. The molecule has 0 amide bonds. The summed E-state index contributed by atoms with van der Waals surface area (Å²) >= 11 is 0. The van der Waals surface area contributed by atoms with E-state index in [1.165, 1.54) is 6.29 Å². The maximum absolute atomic E-state index is 8.80. The van der Waals surface area contributed by atoms with Crippen molar-refractivity contribution in [3.63, 3.8) is 0 Å². The monoisotopic (exact) mass is 107 g/mol. The summed E-state index contributed by atoms with van der Waals surface area (Å²) in [5, 5.41) is 7.45. The minimum Gasteiger partial charge on any atom is -0.388 e. The molecule has 2 nitrogen and oxygen atoms in total. The van der Waals surface area contributed by atoms with Gasteiger partial charge < -0.3 is 5.11 Å². The Hall–Kier alpha value is 0.344. The first-order valence-electron chi connectivity index (χ1n) is 0.874. The van der Waals surface area contributed by atoms with Crippen LogP contribution in [0.25, 0.3) is 0 Å². The van der Waals surface area contributed by atoms with Crippen molar-refractivity contribution in [1.29, 1.82) is 0 Å². The fourth-order valence-electron chi connectivity index (χ4n) is 0. The van der Waals surface area contributed by atoms with Crippen LogP contribution in [0.2, 0.25) is 0 Å². The second-order valence-electron chi connectivity index (χ2n) is 0.302. The molecule has 0 heterocycles. The third-order valence-electron chi connectivity index (χ3n) is 0.0645. The quantitative estimate of drug-likeness (QED) is 0.440. The number of aliphatic hydroxyl groups is 1. The van der Waals surface area contributed by atoms with Gasteiger partial charge in [-0.3, -0.25) is 4.79 Å². The Bertz CT molecular complexity index is 21.6. The van der Waals surface area contributed by atoms with E-state index in [0.29, 0.717) is 0 Å². The summed E-state index contributed by atoms with van der Waals surface area (Å²) in [7, 11) is 0. The van der Waals surface area contributed by atoms with Crippen LogP contribution in [0.1, 0.15) is 0 Å². The van der Waals surface area contributed by atoms with Gasteiger partial charge in [0.05, 0.1) is 0 Å². The zero-order valence-electron chi connectivity index (χ0n) is 2.56. The van der Waals surface area contributed by atoms with Gasteiger partial charge >= 0.3 is 0 Å². The standard InChI is InChI=1S/C2H3O2.Ti/c3-1-2-4;/h3H,1H2;. The molecule has 0 spiro atoms. The first kappa shape index (κ1) is 9.02. The fraction of sp³-hybridized carbons (Fsp3) is 0.500. The molecule has 0 aromatic carbocycles. The van der Waals surface area contributed by atoms with Crippen LogP contribution in [0.4, 0.5) is 0 Å². The maximum Gasteiger partial charge on any atom is 0.226 e. The first-order chi connectivity index (χ1) is 1.91. The Kier molecular flexibility index (Phi) is 15.9. The zero-order chi connectivity index (χ0) is 3.41. The number of carbonyl (C=O) groups excluding carboxylic acids is 1. The van der Waals surface area contributed by atoms with Gasteiger partial charge in [0.1, 0.15) is 6.61 Å². The van der Waals surface area contributed by atoms with E-state index in [4.69, 9.17) is 9.90 Å². The molecule has 0 saturated heterocycles. The van der Waals surface area contributed by atoms with E-state index in [2.05, 4.69) is 0 Å². The summed E-state index contributed by atoms with van der Waals surface area (Å²) in [5.74, 6) is 0. The Morgan fingerprint density at radius 2 is 2.00 bits per heavy atom. The Morgan fingerprint density at radius 1 is 1.80 bits per heavy atom. The van der Waals surface area contributed by atoms with Crippen molar-refractivity contribution in [2.75, 3.05) is 6.61 Å². The van der Waals surface area contributed by atoms with Gasteiger partial charge in [-0.1, -0.05) is 0 Å². The summed E-state index contributed by atoms with van der Waals surface area (Å²) in [4.78, 5) is 8.80. The third-order valence-corrected chi connectivity index (χ3v) is 0.0645. The van der Waals surface area contributed by atoms with Crippen molar-refractivity contribution >= 4 is 6.29 Å². The van der Waals surface area contributed by atoms with Crippen LogP contribution in [0.15, 0.2) is 0 Å². The molecule has 0 aliphatic carbocycles. The Labute approximate surface area is 45.1 Å². The molecule has 3 heteroatoms. The predicted octanol–water partition coefficient (Wildman–Crippen LogP) is -0.914. The summed E-state index contributed by atoms with van der Waals surface area (Å²) in [6, 6.07) is 0. The molecule has 0 unspecified atom stereocenters. The van der Waals surface area contributed by atoms with Gasteiger partial charge in [-0.2, -0.15) is 0 Å². The fourth-order valence-corrected chi connectivity index (χ4v) is 0. The van der Waals surface area contributed by atoms with Crippen molar-refractivity contribution in [3.8, 4) is 0 Å². The van der Waals surface area contributed by atoms with E-state index in [0.717, 1.165) is 0 Å². The average molecular weight is 107 g/mol. The molecule has 5 heavy (non-hydrogen) atoms. The van der Waals surface area contributed by atoms with Crippen LogP contribution >= 0.6 is 0 Å². The molecule has 1 N–H and O–H groups in total. The molecular formula is C2H3O2Ti. The van der Waals surface area contributed by atoms with Gasteiger partial charge in [-0.15, -0.1) is 0 Å². The van der Waals surface area contributed by atoms with Gasteiger partial charge in [-0.05, 0) is 0 Å². The van der Waals surface area contributed by atoms with Crippen LogP contribution in [0.3, 0.4) is 0 Å². The molecule has 0 aliphatic heterocycles. The zero-order valence-corrected chi connectivity index (χ0v) is 4.12. The molecule has 0 bridgehead atoms. The topological polar surface area (TPSA) is 37.3 Å². The molecule has 0 saturated carbocycles. The SMILES string of the molecule is O=[C]CO.[Ti]. The molecule has 1 radical (unpaired) electrons. The largest absolute Gasteiger partial charge is 0.388 e. The van der Waals surface area contributed by atoms with Crippen LogP contribution in [-0.4, -0.2) is 18.0 Å². The molecular weight excluding hydrogens is 104 g/mol.